The molecular formula is C17H21NO2. The first-order chi connectivity index (χ1) is 9.83. The zero-order chi connectivity index (χ0) is 14.2. The van der Waals surface area contributed by atoms with Crippen molar-refractivity contribution in [3.8, 4) is 5.75 Å². The van der Waals surface area contributed by atoms with Crippen LogP contribution in [-0.4, -0.2) is 26.9 Å². The highest BCUT2D eigenvalue weighted by molar-refractivity contribution is 5.56. The van der Waals surface area contributed by atoms with E-state index < -0.39 is 0 Å². The molecule has 0 amide bonds. The number of para-hydroxylation sites is 2. The van der Waals surface area contributed by atoms with Crippen molar-refractivity contribution >= 4 is 5.69 Å². The van der Waals surface area contributed by atoms with Crippen LogP contribution >= 0.6 is 0 Å². The zero-order valence-corrected chi connectivity index (χ0v) is 12.0. The largest absolute Gasteiger partial charge is 0.495 e. The van der Waals surface area contributed by atoms with Crippen LogP contribution in [0.4, 0.5) is 5.69 Å². The molecule has 0 heterocycles. The Balaban J connectivity index is 2.09. The molecule has 0 fully saturated rings. The Morgan fingerprint density at radius 3 is 2.35 bits per heavy atom. The number of rotatable bonds is 7. The normalized spacial score (nSPS) is 11.9. The summed E-state index contributed by atoms with van der Waals surface area (Å²) in [6.07, 6.45) is 0.909. The Kier molecular flexibility index (Phi) is 5.44. The van der Waals surface area contributed by atoms with Gasteiger partial charge < -0.3 is 14.8 Å². The molecule has 20 heavy (non-hydrogen) atoms. The molecule has 0 unspecified atom stereocenters. The molecule has 106 valence electrons. The lowest BCUT2D eigenvalue weighted by atomic mass is 10.1. The molecule has 0 bridgehead atoms. The minimum Gasteiger partial charge on any atom is -0.495 e. The molecule has 0 radical (unpaired) electrons. The minimum absolute atomic E-state index is 0.207. The molecule has 0 aliphatic carbocycles. The van der Waals surface area contributed by atoms with E-state index in [2.05, 4.69) is 29.6 Å². The summed E-state index contributed by atoms with van der Waals surface area (Å²) in [7, 11) is 3.41. The van der Waals surface area contributed by atoms with Gasteiger partial charge in [-0.05, 0) is 24.1 Å². The third-order valence-corrected chi connectivity index (χ3v) is 3.16. The highest BCUT2D eigenvalue weighted by atomic mass is 16.5. The standard InChI is InChI=1S/C17H21NO2/c1-19-13-15(12-14-8-4-3-5-9-14)18-16-10-6-7-11-17(16)20-2/h3-11,15,18H,12-13H2,1-2H3/t15-/m1/s1. The molecule has 1 atom stereocenters. The summed E-state index contributed by atoms with van der Waals surface area (Å²) in [4.78, 5) is 0. The van der Waals surface area contributed by atoms with E-state index in [1.165, 1.54) is 5.56 Å². The summed E-state index contributed by atoms with van der Waals surface area (Å²) in [5, 5.41) is 3.50. The maximum absolute atomic E-state index is 5.37. The third-order valence-electron chi connectivity index (χ3n) is 3.16. The predicted octanol–water partition coefficient (Wildman–Crippen LogP) is 3.36. The van der Waals surface area contributed by atoms with Crippen molar-refractivity contribution in [1.29, 1.82) is 0 Å². The summed E-state index contributed by atoms with van der Waals surface area (Å²) < 4.78 is 10.7. The molecule has 2 rings (SSSR count). The zero-order valence-electron chi connectivity index (χ0n) is 12.0. The van der Waals surface area contributed by atoms with Gasteiger partial charge in [-0.15, -0.1) is 0 Å². The van der Waals surface area contributed by atoms with Crippen molar-refractivity contribution in [2.24, 2.45) is 0 Å². The fourth-order valence-corrected chi connectivity index (χ4v) is 2.24. The van der Waals surface area contributed by atoms with E-state index in [0.717, 1.165) is 17.9 Å². The second-order valence-corrected chi connectivity index (χ2v) is 4.69. The number of nitrogens with one attached hydrogen (secondary N) is 1. The fourth-order valence-electron chi connectivity index (χ4n) is 2.24. The second-order valence-electron chi connectivity index (χ2n) is 4.69. The maximum atomic E-state index is 5.37. The SMILES string of the molecule is COC[C@@H](Cc1ccccc1)Nc1ccccc1OC. The second kappa shape index (κ2) is 7.56. The quantitative estimate of drug-likeness (QED) is 0.837. The van der Waals surface area contributed by atoms with Gasteiger partial charge in [0, 0.05) is 7.11 Å². The van der Waals surface area contributed by atoms with Crippen LogP contribution in [0.25, 0.3) is 0 Å². The van der Waals surface area contributed by atoms with Crippen molar-refractivity contribution in [3.05, 3.63) is 60.2 Å². The molecule has 3 heteroatoms. The highest BCUT2D eigenvalue weighted by Crippen LogP contribution is 2.24. The average molecular weight is 271 g/mol. The number of methoxy groups -OCH3 is 2. The molecule has 0 spiro atoms. The predicted molar refractivity (Wildman–Crippen MR) is 82.4 cm³/mol. The Bertz CT molecular complexity index is 513. The van der Waals surface area contributed by atoms with Crippen LogP contribution in [-0.2, 0) is 11.2 Å². The van der Waals surface area contributed by atoms with Gasteiger partial charge in [0.25, 0.3) is 0 Å². The topological polar surface area (TPSA) is 30.5 Å². The number of hydrogen-bond acceptors (Lipinski definition) is 3. The van der Waals surface area contributed by atoms with E-state index in [4.69, 9.17) is 9.47 Å². The maximum Gasteiger partial charge on any atom is 0.141 e. The van der Waals surface area contributed by atoms with E-state index in [0.29, 0.717) is 6.61 Å². The first kappa shape index (κ1) is 14.4. The summed E-state index contributed by atoms with van der Waals surface area (Å²) in [5.74, 6) is 0.849. The molecular weight excluding hydrogens is 250 g/mol. The Morgan fingerprint density at radius 2 is 1.65 bits per heavy atom. The third kappa shape index (κ3) is 4.00. The lowest BCUT2D eigenvalue weighted by Gasteiger charge is -2.20. The van der Waals surface area contributed by atoms with Crippen LogP contribution < -0.4 is 10.1 Å². The van der Waals surface area contributed by atoms with E-state index in [1.54, 1.807) is 14.2 Å². The number of anilines is 1. The molecule has 3 nitrogen and oxygen atoms in total. The van der Waals surface area contributed by atoms with Gasteiger partial charge in [-0.3, -0.25) is 0 Å². The Morgan fingerprint density at radius 1 is 0.950 bits per heavy atom. The highest BCUT2D eigenvalue weighted by Gasteiger charge is 2.11. The van der Waals surface area contributed by atoms with Gasteiger partial charge in [0.2, 0.25) is 0 Å². The van der Waals surface area contributed by atoms with Gasteiger partial charge >= 0.3 is 0 Å². The fraction of sp³-hybridized carbons (Fsp3) is 0.294. The first-order valence-electron chi connectivity index (χ1n) is 6.76. The van der Waals surface area contributed by atoms with Gasteiger partial charge in [0.15, 0.2) is 0 Å². The van der Waals surface area contributed by atoms with E-state index in [1.807, 2.05) is 30.3 Å². The minimum atomic E-state index is 0.207. The van der Waals surface area contributed by atoms with Crippen LogP contribution in [0.3, 0.4) is 0 Å². The summed E-state index contributed by atoms with van der Waals surface area (Å²) in [6, 6.07) is 18.6. The van der Waals surface area contributed by atoms with Crippen LogP contribution in [0.5, 0.6) is 5.75 Å². The van der Waals surface area contributed by atoms with E-state index >= 15 is 0 Å². The lowest BCUT2D eigenvalue weighted by Crippen LogP contribution is -2.27. The summed E-state index contributed by atoms with van der Waals surface area (Å²) in [5.41, 5.74) is 2.28. The number of ether oxygens (including phenoxy) is 2. The number of benzene rings is 2. The molecule has 2 aromatic carbocycles. The monoisotopic (exact) mass is 271 g/mol. The smallest absolute Gasteiger partial charge is 0.141 e. The average Bonchev–Trinajstić information content (AvgIpc) is 2.49. The van der Waals surface area contributed by atoms with Crippen LogP contribution in [0.1, 0.15) is 5.56 Å². The molecule has 0 saturated heterocycles. The van der Waals surface area contributed by atoms with Gasteiger partial charge in [0.05, 0.1) is 25.4 Å². The van der Waals surface area contributed by atoms with E-state index in [-0.39, 0.29) is 6.04 Å². The van der Waals surface area contributed by atoms with Crippen molar-refractivity contribution in [2.75, 3.05) is 26.1 Å². The van der Waals surface area contributed by atoms with Crippen molar-refractivity contribution in [3.63, 3.8) is 0 Å². The number of hydrogen-bond donors (Lipinski definition) is 1. The van der Waals surface area contributed by atoms with Gasteiger partial charge in [-0.2, -0.15) is 0 Å². The van der Waals surface area contributed by atoms with E-state index in [9.17, 15) is 0 Å². The van der Waals surface area contributed by atoms with Crippen molar-refractivity contribution in [1.82, 2.24) is 0 Å². The van der Waals surface area contributed by atoms with Gasteiger partial charge in [-0.25, -0.2) is 0 Å². The molecule has 0 aliphatic rings. The Labute approximate surface area is 120 Å². The first-order valence-corrected chi connectivity index (χ1v) is 6.76. The van der Waals surface area contributed by atoms with Gasteiger partial charge in [0.1, 0.15) is 5.75 Å². The van der Waals surface area contributed by atoms with Crippen molar-refractivity contribution < 1.29 is 9.47 Å². The summed E-state index contributed by atoms with van der Waals surface area (Å²) >= 11 is 0. The van der Waals surface area contributed by atoms with Gasteiger partial charge in [-0.1, -0.05) is 42.5 Å². The van der Waals surface area contributed by atoms with Crippen LogP contribution in [0.2, 0.25) is 0 Å². The van der Waals surface area contributed by atoms with Crippen molar-refractivity contribution in [2.45, 2.75) is 12.5 Å². The molecule has 2 aromatic rings. The molecule has 1 N–H and O–H groups in total. The molecule has 0 aliphatic heterocycles. The lowest BCUT2D eigenvalue weighted by molar-refractivity contribution is 0.185. The van der Waals surface area contributed by atoms with Crippen LogP contribution in [0.15, 0.2) is 54.6 Å². The Hall–Kier alpha value is -2.00. The van der Waals surface area contributed by atoms with Crippen LogP contribution in [0, 0.1) is 0 Å². The molecule has 0 aromatic heterocycles. The molecule has 0 saturated carbocycles. The summed E-state index contributed by atoms with van der Waals surface area (Å²) in [6.45, 7) is 0.646.